The Balaban J connectivity index is 2.64. The van der Waals surface area contributed by atoms with Crippen LogP contribution < -0.4 is 0 Å². The molecule has 0 aliphatic heterocycles. The summed E-state index contributed by atoms with van der Waals surface area (Å²) in [5, 5.41) is 0. The van der Waals surface area contributed by atoms with Crippen molar-refractivity contribution in [2.24, 2.45) is 0 Å². The number of aromatic nitrogens is 1. The van der Waals surface area contributed by atoms with Crippen molar-refractivity contribution in [3.8, 4) is 11.1 Å². The van der Waals surface area contributed by atoms with Crippen LogP contribution in [-0.2, 0) is 0 Å². The van der Waals surface area contributed by atoms with Gasteiger partial charge in [-0.25, -0.2) is 0 Å². The SMILES string of the molecule is Cc1cc(C)c(-c2ccccc2)c(C)n1. The Morgan fingerprint density at radius 2 is 1.60 bits per heavy atom. The molecule has 1 heterocycles. The molecule has 0 atom stereocenters. The van der Waals surface area contributed by atoms with Crippen LogP contribution >= 0.6 is 0 Å². The second kappa shape index (κ2) is 3.85. The molecule has 15 heavy (non-hydrogen) atoms. The molecule has 0 radical (unpaired) electrons. The third kappa shape index (κ3) is 1.91. The summed E-state index contributed by atoms with van der Waals surface area (Å²) < 4.78 is 0. The van der Waals surface area contributed by atoms with Gasteiger partial charge in [-0.2, -0.15) is 0 Å². The van der Waals surface area contributed by atoms with Gasteiger partial charge in [-0.05, 0) is 38.0 Å². The van der Waals surface area contributed by atoms with Crippen LogP contribution in [0.4, 0.5) is 0 Å². The van der Waals surface area contributed by atoms with Gasteiger partial charge >= 0.3 is 0 Å². The molecule has 0 amide bonds. The fourth-order valence-electron chi connectivity index (χ4n) is 2.06. The van der Waals surface area contributed by atoms with Gasteiger partial charge in [0, 0.05) is 17.0 Å². The summed E-state index contributed by atoms with van der Waals surface area (Å²) in [5.41, 5.74) is 6.01. The molecule has 0 unspecified atom stereocenters. The molecule has 1 heteroatoms. The second-order valence-electron chi connectivity index (χ2n) is 3.91. The summed E-state index contributed by atoms with van der Waals surface area (Å²) in [7, 11) is 0. The van der Waals surface area contributed by atoms with E-state index in [-0.39, 0.29) is 0 Å². The molecule has 76 valence electrons. The lowest BCUT2D eigenvalue weighted by Gasteiger charge is -2.10. The van der Waals surface area contributed by atoms with Crippen LogP contribution in [0.3, 0.4) is 0 Å². The van der Waals surface area contributed by atoms with Crippen LogP contribution in [0.25, 0.3) is 11.1 Å². The van der Waals surface area contributed by atoms with Gasteiger partial charge in [0.2, 0.25) is 0 Å². The Morgan fingerprint density at radius 1 is 0.933 bits per heavy atom. The van der Waals surface area contributed by atoms with Crippen molar-refractivity contribution in [3.05, 3.63) is 53.3 Å². The molecule has 0 bridgehead atoms. The number of pyridine rings is 1. The molecule has 0 aliphatic rings. The van der Waals surface area contributed by atoms with Crippen molar-refractivity contribution in [1.29, 1.82) is 0 Å². The van der Waals surface area contributed by atoms with Crippen LogP contribution in [0, 0.1) is 20.8 Å². The summed E-state index contributed by atoms with van der Waals surface area (Å²) in [6.45, 7) is 6.25. The highest BCUT2D eigenvalue weighted by molar-refractivity contribution is 5.69. The molecule has 0 saturated carbocycles. The average Bonchev–Trinajstić information content (AvgIpc) is 2.17. The van der Waals surface area contributed by atoms with E-state index in [1.807, 2.05) is 13.0 Å². The minimum Gasteiger partial charge on any atom is -0.258 e. The van der Waals surface area contributed by atoms with E-state index < -0.39 is 0 Å². The van der Waals surface area contributed by atoms with Gasteiger partial charge in [-0.1, -0.05) is 30.3 Å². The number of hydrogen-bond acceptors (Lipinski definition) is 1. The van der Waals surface area contributed by atoms with Gasteiger partial charge in [0.15, 0.2) is 0 Å². The third-order valence-electron chi connectivity index (χ3n) is 2.59. The maximum atomic E-state index is 4.51. The maximum Gasteiger partial charge on any atom is 0.0456 e. The quantitative estimate of drug-likeness (QED) is 0.679. The minimum atomic E-state index is 1.09. The van der Waals surface area contributed by atoms with E-state index in [1.165, 1.54) is 16.7 Å². The van der Waals surface area contributed by atoms with Crippen molar-refractivity contribution in [2.45, 2.75) is 20.8 Å². The van der Waals surface area contributed by atoms with E-state index in [1.54, 1.807) is 0 Å². The van der Waals surface area contributed by atoms with Crippen molar-refractivity contribution < 1.29 is 0 Å². The molecule has 0 spiro atoms. The number of hydrogen-bond donors (Lipinski definition) is 0. The van der Waals surface area contributed by atoms with Gasteiger partial charge < -0.3 is 0 Å². The zero-order valence-electron chi connectivity index (χ0n) is 9.41. The Labute approximate surface area is 90.8 Å². The highest BCUT2D eigenvalue weighted by Gasteiger charge is 2.06. The molecule has 2 aromatic rings. The first-order valence-corrected chi connectivity index (χ1v) is 5.19. The van der Waals surface area contributed by atoms with E-state index in [4.69, 9.17) is 0 Å². The first-order valence-electron chi connectivity index (χ1n) is 5.19. The van der Waals surface area contributed by atoms with E-state index in [0.29, 0.717) is 0 Å². The Hall–Kier alpha value is -1.63. The standard InChI is InChI=1S/C14H15N/c1-10-9-11(2)15-12(3)14(10)13-7-5-4-6-8-13/h4-9H,1-3H3. The topological polar surface area (TPSA) is 12.9 Å². The first kappa shape index (κ1) is 9.91. The monoisotopic (exact) mass is 197 g/mol. The molecule has 0 aliphatic carbocycles. The largest absolute Gasteiger partial charge is 0.258 e. The van der Waals surface area contributed by atoms with Gasteiger partial charge in [-0.15, -0.1) is 0 Å². The molecule has 0 saturated heterocycles. The molecular formula is C14H15N. The fourth-order valence-corrected chi connectivity index (χ4v) is 2.06. The third-order valence-corrected chi connectivity index (χ3v) is 2.59. The summed E-state index contributed by atoms with van der Waals surface area (Å²) >= 11 is 0. The number of benzene rings is 1. The van der Waals surface area contributed by atoms with E-state index in [2.05, 4.69) is 49.2 Å². The lowest BCUT2D eigenvalue weighted by atomic mass is 9.99. The van der Waals surface area contributed by atoms with Gasteiger partial charge in [0.1, 0.15) is 0 Å². The summed E-state index contributed by atoms with van der Waals surface area (Å²) in [5.74, 6) is 0. The maximum absolute atomic E-state index is 4.51. The highest BCUT2D eigenvalue weighted by atomic mass is 14.7. The van der Waals surface area contributed by atoms with E-state index in [0.717, 1.165) is 11.4 Å². The molecule has 2 rings (SSSR count). The van der Waals surface area contributed by atoms with Gasteiger partial charge in [-0.3, -0.25) is 4.98 Å². The molecule has 0 fully saturated rings. The summed E-state index contributed by atoms with van der Waals surface area (Å²) in [6.07, 6.45) is 0. The van der Waals surface area contributed by atoms with Gasteiger partial charge in [0.05, 0.1) is 0 Å². The van der Waals surface area contributed by atoms with Crippen molar-refractivity contribution >= 4 is 0 Å². The van der Waals surface area contributed by atoms with Crippen molar-refractivity contribution in [1.82, 2.24) is 4.98 Å². The zero-order valence-corrected chi connectivity index (χ0v) is 9.41. The second-order valence-corrected chi connectivity index (χ2v) is 3.91. The smallest absolute Gasteiger partial charge is 0.0456 e. The lowest BCUT2D eigenvalue weighted by Crippen LogP contribution is -1.94. The average molecular weight is 197 g/mol. The predicted molar refractivity (Wildman–Crippen MR) is 63.9 cm³/mol. The Kier molecular flexibility index (Phi) is 2.55. The Morgan fingerprint density at radius 3 is 2.20 bits per heavy atom. The Bertz CT molecular complexity index is 449. The molecular weight excluding hydrogens is 182 g/mol. The normalized spacial score (nSPS) is 10.3. The number of rotatable bonds is 1. The van der Waals surface area contributed by atoms with Crippen LogP contribution in [0.5, 0.6) is 0 Å². The molecule has 1 aromatic heterocycles. The predicted octanol–water partition coefficient (Wildman–Crippen LogP) is 3.67. The molecule has 1 aromatic carbocycles. The van der Waals surface area contributed by atoms with Crippen LogP contribution in [-0.4, -0.2) is 4.98 Å². The van der Waals surface area contributed by atoms with Crippen LogP contribution in [0.1, 0.15) is 17.0 Å². The van der Waals surface area contributed by atoms with Crippen molar-refractivity contribution in [3.63, 3.8) is 0 Å². The van der Waals surface area contributed by atoms with Crippen molar-refractivity contribution in [2.75, 3.05) is 0 Å². The number of aryl methyl sites for hydroxylation is 3. The highest BCUT2D eigenvalue weighted by Crippen LogP contribution is 2.25. The summed E-state index contributed by atoms with van der Waals surface area (Å²) in [6, 6.07) is 12.6. The summed E-state index contributed by atoms with van der Waals surface area (Å²) in [4.78, 5) is 4.51. The van der Waals surface area contributed by atoms with E-state index >= 15 is 0 Å². The van der Waals surface area contributed by atoms with E-state index in [9.17, 15) is 0 Å². The first-order chi connectivity index (χ1) is 7.18. The fraction of sp³-hybridized carbons (Fsp3) is 0.214. The van der Waals surface area contributed by atoms with Gasteiger partial charge in [0.25, 0.3) is 0 Å². The molecule has 1 nitrogen and oxygen atoms in total. The van der Waals surface area contributed by atoms with Crippen LogP contribution in [0.2, 0.25) is 0 Å². The minimum absolute atomic E-state index is 1.09. The zero-order chi connectivity index (χ0) is 10.8. The number of nitrogens with zero attached hydrogens (tertiary/aromatic N) is 1. The van der Waals surface area contributed by atoms with Crippen LogP contribution in [0.15, 0.2) is 36.4 Å². The molecule has 0 N–H and O–H groups in total. The lowest BCUT2D eigenvalue weighted by molar-refractivity contribution is 1.11.